The molecule has 2 saturated heterocycles. The molecule has 43 heavy (non-hydrogen) atoms. The van der Waals surface area contributed by atoms with Crippen LogP contribution in [0.25, 0.3) is 0 Å². The molecule has 0 aliphatic carbocycles. The Hall–Kier alpha value is -4.02. The first kappa shape index (κ1) is 31.9. The molecule has 0 amide bonds. The van der Waals surface area contributed by atoms with Crippen LogP contribution >= 0.6 is 0 Å². The standard InChI is InChI=1S/C20H20N6O15Te2/c27-21(28)13-9-15(23(31)32)19(16(10-13)24(33)34)39-42(5-1-2-6-42)41-43(7-3-4-8-43)40-20-17(25(35)36)11-14(22(29)30)12-18(20)26(37)38/h9-12H,1-8H2. The topological polar surface area (TPSA) is 287 Å². The minimum absolute atomic E-state index is 0.204. The van der Waals surface area contributed by atoms with Crippen molar-refractivity contribution in [2.75, 3.05) is 0 Å². The van der Waals surface area contributed by atoms with Crippen LogP contribution in [-0.2, 0) is 1.47 Å². The summed E-state index contributed by atoms with van der Waals surface area (Å²) in [4.78, 5) is 63.7. The first-order valence-corrected chi connectivity index (χ1v) is 22.5. The monoisotopic (exact) mass is 844 g/mol. The molecule has 21 nitrogen and oxygen atoms in total. The predicted octanol–water partition coefficient (Wildman–Crippen LogP) is 5.08. The molecule has 2 aromatic carbocycles. The van der Waals surface area contributed by atoms with Crippen LogP contribution in [0.5, 0.6) is 11.5 Å². The Morgan fingerprint density at radius 2 is 0.721 bits per heavy atom. The molecule has 0 spiro atoms. The van der Waals surface area contributed by atoms with E-state index >= 15 is 0 Å². The normalized spacial score (nSPS) is 18.2. The van der Waals surface area contributed by atoms with Gasteiger partial charge in [0, 0.05) is 0 Å². The Morgan fingerprint density at radius 1 is 0.465 bits per heavy atom. The van der Waals surface area contributed by atoms with Crippen molar-refractivity contribution in [1.29, 1.82) is 0 Å². The van der Waals surface area contributed by atoms with E-state index in [1.165, 1.54) is 0 Å². The van der Waals surface area contributed by atoms with Gasteiger partial charge in [0.1, 0.15) is 0 Å². The molecule has 0 bridgehead atoms. The Kier molecular flexibility index (Phi) is 9.13. The van der Waals surface area contributed by atoms with E-state index in [1.54, 1.807) is 0 Å². The van der Waals surface area contributed by atoms with Gasteiger partial charge >= 0.3 is 249 Å². The molecule has 0 N–H and O–H groups in total. The van der Waals surface area contributed by atoms with Crippen molar-refractivity contribution < 1.29 is 37.2 Å². The molecular weight excluding hydrogens is 819 g/mol. The molecule has 0 aromatic heterocycles. The summed E-state index contributed by atoms with van der Waals surface area (Å²) in [7, 11) is 0. The first-order chi connectivity index (χ1) is 20.2. The second-order valence-corrected chi connectivity index (χ2v) is 26.2. The van der Waals surface area contributed by atoms with Gasteiger partial charge < -0.3 is 0 Å². The van der Waals surface area contributed by atoms with Gasteiger partial charge in [-0.15, -0.1) is 0 Å². The predicted molar refractivity (Wildman–Crippen MR) is 144 cm³/mol. The van der Waals surface area contributed by atoms with E-state index in [2.05, 4.69) is 0 Å². The minimum atomic E-state index is -4.46. The maximum atomic E-state index is 11.8. The summed E-state index contributed by atoms with van der Waals surface area (Å²) < 4.78 is 19.6. The second kappa shape index (κ2) is 12.3. The number of hydrogen-bond donors (Lipinski definition) is 0. The van der Waals surface area contributed by atoms with E-state index in [4.69, 9.17) is 7.67 Å². The van der Waals surface area contributed by atoms with Crippen LogP contribution in [-0.4, -0.2) is 67.5 Å². The van der Waals surface area contributed by atoms with Crippen molar-refractivity contribution in [3.05, 3.63) is 85.0 Å². The Labute approximate surface area is 248 Å². The fourth-order valence-electron chi connectivity index (χ4n) is 4.44. The van der Waals surface area contributed by atoms with Crippen LogP contribution in [0.2, 0.25) is 17.9 Å². The number of non-ortho nitro benzene ring substituents is 2. The summed E-state index contributed by atoms with van der Waals surface area (Å²) in [5, 5.41) is 70.0. The first-order valence-electron chi connectivity index (χ1n) is 12.1. The number of benzene rings is 2. The zero-order valence-corrected chi connectivity index (χ0v) is 26.3. The number of nitro benzene ring substituents is 6. The fraction of sp³-hybridized carbons (Fsp3) is 0.400. The summed E-state index contributed by atoms with van der Waals surface area (Å²) in [5.41, 5.74) is -5.94. The van der Waals surface area contributed by atoms with E-state index in [9.17, 15) is 60.7 Å². The fourth-order valence-corrected chi connectivity index (χ4v) is 33.8. The van der Waals surface area contributed by atoms with Gasteiger partial charge in [0.05, 0.1) is 0 Å². The molecule has 2 aromatic rings. The van der Waals surface area contributed by atoms with Crippen molar-refractivity contribution in [1.82, 2.24) is 0 Å². The van der Waals surface area contributed by atoms with E-state index < -0.39 is 113 Å². The quantitative estimate of drug-likeness (QED) is 0.153. The van der Waals surface area contributed by atoms with E-state index in [0.29, 0.717) is 49.9 Å². The van der Waals surface area contributed by atoms with Crippen LogP contribution < -0.4 is 6.20 Å². The molecular formula is C20H20N6O15Te2. The third-order valence-corrected chi connectivity index (χ3v) is 30.3. The van der Waals surface area contributed by atoms with Gasteiger partial charge in [-0.3, -0.25) is 0 Å². The molecule has 2 fully saturated rings. The van der Waals surface area contributed by atoms with Gasteiger partial charge in [0.2, 0.25) is 0 Å². The summed E-state index contributed by atoms with van der Waals surface area (Å²) in [6, 6.07) is 2.11. The van der Waals surface area contributed by atoms with Crippen LogP contribution in [0.3, 0.4) is 0 Å². The third-order valence-electron chi connectivity index (χ3n) is 6.32. The zero-order valence-electron chi connectivity index (χ0n) is 21.6. The van der Waals surface area contributed by atoms with Crippen molar-refractivity contribution >= 4 is 72.1 Å². The summed E-state index contributed by atoms with van der Waals surface area (Å²) in [6.45, 7) is 0. The zero-order chi connectivity index (χ0) is 31.7. The molecule has 2 aliphatic heterocycles. The van der Waals surface area contributed by atoms with Gasteiger partial charge in [-0.25, -0.2) is 0 Å². The number of nitrogens with zero attached hydrogens (tertiary/aromatic N) is 6. The van der Waals surface area contributed by atoms with E-state index in [0.717, 1.165) is 0 Å². The van der Waals surface area contributed by atoms with Crippen molar-refractivity contribution in [3.63, 3.8) is 0 Å². The number of rotatable bonds is 12. The van der Waals surface area contributed by atoms with Crippen molar-refractivity contribution in [3.8, 4) is 11.5 Å². The van der Waals surface area contributed by atoms with Gasteiger partial charge in [-0.1, -0.05) is 0 Å². The van der Waals surface area contributed by atoms with Crippen molar-refractivity contribution in [2.45, 2.75) is 43.6 Å². The molecule has 0 saturated carbocycles. The summed E-state index contributed by atoms with van der Waals surface area (Å²) in [6.07, 6.45) is 1.97. The van der Waals surface area contributed by atoms with E-state index in [1.807, 2.05) is 0 Å². The van der Waals surface area contributed by atoms with Crippen LogP contribution in [0.4, 0.5) is 34.1 Å². The SMILES string of the molecule is O=[N+]([O-])c1cc([N+](=O)[O-])c(O[Te]2(O[Te]3(Oc4c([N+](=O)[O-])cc([N+](=O)[O-])cc4[N+](=O)[O-])CCCC3)CCCC2)c([N+](=O)[O-])c1. The third kappa shape index (κ3) is 6.65. The summed E-state index contributed by atoms with van der Waals surface area (Å²) >= 11 is -8.92. The van der Waals surface area contributed by atoms with Gasteiger partial charge in [0.15, 0.2) is 0 Å². The average molecular weight is 840 g/mol. The van der Waals surface area contributed by atoms with Gasteiger partial charge in [0.25, 0.3) is 0 Å². The Balaban J connectivity index is 1.83. The molecule has 23 heteroatoms. The number of hydrogen-bond acceptors (Lipinski definition) is 15. The van der Waals surface area contributed by atoms with Crippen molar-refractivity contribution in [2.24, 2.45) is 0 Å². The molecule has 2 heterocycles. The molecule has 0 radical (unpaired) electrons. The Bertz CT molecular complexity index is 1370. The maximum absolute atomic E-state index is 11.8. The van der Waals surface area contributed by atoms with Crippen LogP contribution in [0.15, 0.2) is 24.3 Å². The van der Waals surface area contributed by atoms with Gasteiger partial charge in [-0.05, 0) is 0 Å². The second-order valence-electron chi connectivity index (χ2n) is 9.12. The molecule has 2 aliphatic rings. The summed E-state index contributed by atoms with van der Waals surface area (Å²) in [5.74, 6) is -1.65. The molecule has 0 atom stereocenters. The number of nitro groups is 6. The van der Waals surface area contributed by atoms with Crippen LogP contribution in [0, 0.1) is 60.7 Å². The molecule has 4 rings (SSSR count). The Morgan fingerprint density at radius 3 is 0.930 bits per heavy atom. The van der Waals surface area contributed by atoms with Gasteiger partial charge in [-0.2, -0.15) is 0 Å². The van der Waals surface area contributed by atoms with E-state index in [-0.39, 0.29) is 17.9 Å². The molecule has 0 unspecified atom stereocenters. The average Bonchev–Trinajstić information content (AvgIpc) is 3.57. The van der Waals surface area contributed by atoms with Crippen LogP contribution in [0.1, 0.15) is 25.7 Å². The molecule has 232 valence electrons.